The van der Waals surface area contributed by atoms with Gasteiger partial charge >= 0.3 is 12.2 Å². The maximum absolute atomic E-state index is 13.2. The van der Waals surface area contributed by atoms with Gasteiger partial charge in [0.05, 0.1) is 20.7 Å². The van der Waals surface area contributed by atoms with Gasteiger partial charge in [-0.05, 0) is 75.6 Å². The Bertz CT molecular complexity index is 1440. The zero-order chi connectivity index (χ0) is 26.9. The van der Waals surface area contributed by atoms with E-state index in [1.807, 2.05) is 5.32 Å². The number of alkyl halides is 3. The molecule has 4 rings (SSSR count). The third kappa shape index (κ3) is 5.83. The minimum atomic E-state index is -4.75. The van der Waals surface area contributed by atoms with E-state index in [0.29, 0.717) is 32.8 Å². The van der Waals surface area contributed by atoms with Gasteiger partial charge in [0.2, 0.25) is 0 Å². The van der Waals surface area contributed by atoms with Crippen molar-refractivity contribution in [3.8, 4) is 5.75 Å². The van der Waals surface area contributed by atoms with Crippen LogP contribution in [-0.4, -0.2) is 17.8 Å². The minimum absolute atomic E-state index is 0.148. The molecule has 0 saturated carbocycles. The van der Waals surface area contributed by atoms with E-state index in [0.717, 1.165) is 11.6 Å². The highest BCUT2D eigenvalue weighted by atomic mass is 79.9. The number of imide groups is 2. The standard InChI is InChI=1S/C25H14BrClF4N2O4/c26-18-10-14(3-8-21(18)37-12-13-1-5-16(28)6-2-13)9-17-22(34)32-24(36)33(23(17)35)20-11-15(25(29,30)31)4-7-19(20)27/h1-11H,12H2,(H,32,34,36)/b17-9-. The van der Waals surface area contributed by atoms with Crippen LogP contribution in [0.2, 0.25) is 5.02 Å². The highest BCUT2D eigenvalue weighted by Crippen LogP contribution is 2.37. The normalized spacial score (nSPS) is 15.2. The number of carbonyl (C=O) groups excluding carboxylic acids is 3. The molecule has 0 bridgehead atoms. The first-order valence-corrected chi connectivity index (χ1v) is 11.6. The molecule has 1 aliphatic rings. The smallest absolute Gasteiger partial charge is 0.416 e. The van der Waals surface area contributed by atoms with Gasteiger partial charge in [0.1, 0.15) is 23.7 Å². The van der Waals surface area contributed by atoms with Crippen molar-refractivity contribution in [1.82, 2.24) is 5.32 Å². The Morgan fingerprint density at radius 3 is 2.35 bits per heavy atom. The predicted molar refractivity (Wildman–Crippen MR) is 130 cm³/mol. The zero-order valence-corrected chi connectivity index (χ0v) is 20.7. The number of halogens is 6. The molecular formula is C25H14BrClF4N2O4. The molecule has 1 aliphatic heterocycles. The number of amides is 4. The Morgan fingerprint density at radius 1 is 1.00 bits per heavy atom. The Labute approximate surface area is 220 Å². The van der Waals surface area contributed by atoms with Gasteiger partial charge in [0.25, 0.3) is 11.8 Å². The van der Waals surface area contributed by atoms with Crippen LogP contribution < -0.4 is 15.0 Å². The van der Waals surface area contributed by atoms with Gasteiger partial charge in [0.15, 0.2) is 0 Å². The van der Waals surface area contributed by atoms with Crippen molar-refractivity contribution < 1.29 is 36.7 Å². The maximum Gasteiger partial charge on any atom is 0.416 e. The third-order valence-electron chi connectivity index (χ3n) is 5.19. The van der Waals surface area contributed by atoms with Crippen molar-refractivity contribution in [3.63, 3.8) is 0 Å². The lowest BCUT2D eigenvalue weighted by Gasteiger charge is -2.27. The molecule has 6 nitrogen and oxygen atoms in total. The molecule has 0 unspecified atom stereocenters. The van der Waals surface area contributed by atoms with Gasteiger partial charge in [-0.15, -0.1) is 0 Å². The van der Waals surface area contributed by atoms with Gasteiger partial charge in [0, 0.05) is 0 Å². The molecule has 1 heterocycles. The van der Waals surface area contributed by atoms with Crippen LogP contribution in [0.1, 0.15) is 16.7 Å². The first kappa shape index (κ1) is 26.4. The van der Waals surface area contributed by atoms with E-state index in [1.54, 1.807) is 18.2 Å². The first-order chi connectivity index (χ1) is 17.4. The summed E-state index contributed by atoms with van der Waals surface area (Å²) in [4.78, 5) is 38.3. The Kier molecular flexibility index (Phi) is 7.37. The number of benzene rings is 3. The summed E-state index contributed by atoms with van der Waals surface area (Å²) in [7, 11) is 0. The second kappa shape index (κ2) is 10.3. The van der Waals surface area contributed by atoms with Crippen molar-refractivity contribution in [3.05, 3.63) is 98.2 Å². The minimum Gasteiger partial charge on any atom is -0.488 e. The summed E-state index contributed by atoms with van der Waals surface area (Å²) in [6, 6.07) is 11.3. The maximum atomic E-state index is 13.2. The van der Waals surface area contributed by atoms with Gasteiger partial charge in [-0.25, -0.2) is 14.1 Å². The zero-order valence-electron chi connectivity index (χ0n) is 18.4. The van der Waals surface area contributed by atoms with Gasteiger partial charge in [-0.2, -0.15) is 13.2 Å². The summed E-state index contributed by atoms with van der Waals surface area (Å²) in [6.07, 6.45) is -3.58. The summed E-state index contributed by atoms with van der Waals surface area (Å²) in [5.41, 5.74) is -1.08. The molecule has 1 N–H and O–H groups in total. The largest absolute Gasteiger partial charge is 0.488 e. The fraction of sp³-hybridized carbons (Fsp3) is 0.0800. The predicted octanol–water partition coefficient (Wildman–Crippen LogP) is 6.51. The molecule has 1 saturated heterocycles. The number of carbonyl (C=O) groups is 3. The van der Waals surface area contributed by atoms with Crippen molar-refractivity contribution >= 4 is 57.1 Å². The molecule has 0 atom stereocenters. The van der Waals surface area contributed by atoms with Gasteiger partial charge < -0.3 is 4.74 Å². The number of barbiturate groups is 1. The van der Waals surface area contributed by atoms with Gasteiger partial charge in [-0.1, -0.05) is 29.8 Å². The van der Waals surface area contributed by atoms with Crippen LogP contribution in [0.25, 0.3) is 6.08 Å². The number of rotatable bonds is 5. The SMILES string of the molecule is O=C1NC(=O)N(c2cc(C(F)(F)F)ccc2Cl)C(=O)/C1=C\c1ccc(OCc2ccc(F)cc2)c(Br)c1. The molecule has 0 aliphatic carbocycles. The highest BCUT2D eigenvalue weighted by Gasteiger charge is 2.39. The van der Waals surface area contributed by atoms with Crippen LogP contribution in [0.3, 0.4) is 0 Å². The molecule has 0 radical (unpaired) electrons. The Balaban J connectivity index is 1.60. The lowest BCUT2D eigenvalue weighted by Crippen LogP contribution is -2.54. The van der Waals surface area contributed by atoms with E-state index in [1.165, 1.54) is 30.3 Å². The van der Waals surface area contributed by atoms with Crippen LogP contribution in [0.5, 0.6) is 5.75 Å². The molecule has 1 fully saturated rings. The van der Waals surface area contributed by atoms with E-state index in [9.17, 15) is 31.9 Å². The summed E-state index contributed by atoms with van der Waals surface area (Å²) >= 11 is 9.32. The van der Waals surface area contributed by atoms with Crippen LogP contribution in [-0.2, 0) is 22.4 Å². The summed E-state index contributed by atoms with van der Waals surface area (Å²) in [6.45, 7) is 0.148. The van der Waals surface area contributed by atoms with E-state index in [2.05, 4.69) is 15.9 Å². The van der Waals surface area contributed by atoms with Crippen molar-refractivity contribution in [1.29, 1.82) is 0 Å². The highest BCUT2D eigenvalue weighted by molar-refractivity contribution is 9.10. The van der Waals surface area contributed by atoms with Crippen LogP contribution in [0.15, 0.2) is 70.7 Å². The Morgan fingerprint density at radius 2 is 1.70 bits per heavy atom. The quantitative estimate of drug-likeness (QED) is 0.207. The van der Waals surface area contributed by atoms with Gasteiger partial charge in [-0.3, -0.25) is 14.9 Å². The monoisotopic (exact) mass is 596 g/mol. The average molecular weight is 598 g/mol. The summed E-state index contributed by atoms with van der Waals surface area (Å²) < 4.78 is 58.8. The van der Waals surface area contributed by atoms with E-state index < -0.39 is 40.8 Å². The molecule has 3 aromatic rings. The van der Waals surface area contributed by atoms with Crippen molar-refractivity contribution in [2.45, 2.75) is 12.8 Å². The molecule has 12 heteroatoms. The van der Waals surface area contributed by atoms with E-state index in [-0.39, 0.29) is 17.4 Å². The number of ether oxygens (including phenoxy) is 1. The molecular weight excluding hydrogens is 584 g/mol. The number of nitrogens with zero attached hydrogens (tertiary/aromatic N) is 1. The molecule has 190 valence electrons. The van der Waals surface area contributed by atoms with E-state index >= 15 is 0 Å². The fourth-order valence-corrected chi connectivity index (χ4v) is 4.08. The fourth-order valence-electron chi connectivity index (χ4n) is 3.37. The number of hydrogen-bond acceptors (Lipinski definition) is 4. The van der Waals surface area contributed by atoms with E-state index in [4.69, 9.17) is 16.3 Å². The molecule has 0 aromatic heterocycles. The van der Waals surface area contributed by atoms with Crippen LogP contribution in [0.4, 0.5) is 28.0 Å². The van der Waals surface area contributed by atoms with Crippen LogP contribution in [0, 0.1) is 5.82 Å². The van der Waals surface area contributed by atoms with Crippen LogP contribution >= 0.6 is 27.5 Å². The van der Waals surface area contributed by atoms with Crippen molar-refractivity contribution in [2.75, 3.05) is 4.90 Å². The third-order valence-corrected chi connectivity index (χ3v) is 6.13. The number of nitrogens with one attached hydrogen (secondary N) is 1. The molecule has 37 heavy (non-hydrogen) atoms. The number of anilines is 1. The molecule has 0 spiro atoms. The molecule has 3 aromatic carbocycles. The summed E-state index contributed by atoms with van der Waals surface area (Å²) in [5, 5.41) is 1.64. The topological polar surface area (TPSA) is 75.7 Å². The second-order valence-corrected chi connectivity index (χ2v) is 8.99. The lowest BCUT2D eigenvalue weighted by molar-refractivity contribution is -0.137. The first-order valence-electron chi connectivity index (χ1n) is 10.4. The van der Waals surface area contributed by atoms with Crippen molar-refractivity contribution in [2.24, 2.45) is 0 Å². The number of urea groups is 1. The summed E-state index contributed by atoms with van der Waals surface area (Å²) in [5.74, 6) is -2.14. The Hall–Kier alpha value is -3.70. The lowest BCUT2D eigenvalue weighted by atomic mass is 10.1. The molecule has 4 amide bonds. The average Bonchev–Trinajstić information content (AvgIpc) is 2.82. The number of hydrogen-bond donors (Lipinski definition) is 1. The second-order valence-electron chi connectivity index (χ2n) is 7.73.